The van der Waals surface area contributed by atoms with E-state index < -0.39 is 17.2 Å². The average molecular weight is 250 g/mol. The number of hydrogen-bond donors (Lipinski definition) is 3. The number of amides is 1. The van der Waals surface area contributed by atoms with Crippen molar-refractivity contribution in [2.45, 2.75) is 6.54 Å². The summed E-state index contributed by atoms with van der Waals surface area (Å²) in [5.41, 5.74) is 1.37. The second kappa shape index (κ2) is 4.72. The number of furan rings is 1. The number of nitrogen functional groups attached to an aromatic ring is 1. The highest BCUT2D eigenvalue weighted by atomic mass is 16.3. The van der Waals surface area contributed by atoms with Crippen LogP contribution in [0, 0.1) is 0 Å². The van der Waals surface area contributed by atoms with Crippen molar-refractivity contribution in [1.82, 2.24) is 15.0 Å². The number of hydrogen-bond acceptors (Lipinski definition) is 5. The highest BCUT2D eigenvalue weighted by Gasteiger charge is 2.14. The lowest BCUT2D eigenvalue weighted by Crippen LogP contribution is -2.32. The molecule has 0 aliphatic heterocycles. The molecule has 0 aliphatic carbocycles. The molecule has 4 N–H and O–H groups in total. The van der Waals surface area contributed by atoms with E-state index in [1.165, 1.54) is 23.1 Å². The summed E-state index contributed by atoms with van der Waals surface area (Å²) >= 11 is 0. The number of H-pyrrole nitrogens is 1. The molecule has 0 spiro atoms. The van der Waals surface area contributed by atoms with Crippen molar-refractivity contribution in [1.29, 1.82) is 0 Å². The monoisotopic (exact) mass is 250 g/mol. The first kappa shape index (κ1) is 11.9. The molecule has 2 aromatic rings. The van der Waals surface area contributed by atoms with Crippen LogP contribution < -0.4 is 22.5 Å². The molecule has 2 rings (SSSR count). The van der Waals surface area contributed by atoms with E-state index in [1.807, 2.05) is 5.43 Å². The van der Waals surface area contributed by atoms with Crippen molar-refractivity contribution in [3.05, 3.63) is 56.8 Å². The van der Waals surface area contributed by atoms with E-state index in [4.69, 9.17) is 10.3 Å². The van der Waals surface area contributed by atoms with Gasteiger partial charge in [0.2, 0.25) is 0 Å². The first-order chi connectivity index (χ1) is 8.61. The maximum Gasteiger partial charge on any atom is 0.328 e. The number of nitrogens with zero attached hydrogens (tertiary/aromatic N) is 1. The van der Waals surface area contributed by atoms with Crippen molar-refractivity contribution in [2.24, 2.45) is 5.84 Å². The van der Waals surface area contributed by atoms with E-state index in [2.05, 4.69) is 4.98 Å². The Morgan fingerprint density at radius 1 is 1.44 bits per heavy atom. The number of nitrogens with two attached hydrogens (primary N) is 1. The molecule has 0 unspecified atom stereocenters. The summed E-state index contributed by atoms with van der Waals surface area (Å²) in [4.78, 5) is 35.8. The lowest BCUT2D eigenvalue weighted by atomic mass is 10.2. The number of carbonyl (C=O) groups is 1. The Labute approximate surface area is 100 Å². The van der Waals surface area contributed by atoms with Crippen LogP contribution in [-0.4, -0.2) is 15.5 Å². The summed E-state index contributed by atoms with van der Waals surface area (Å²) < 4.78 is 6.21. The van der Waals surface area contributed by atoms with Crippen LogP contribution >= 0.6 is 0 Å². The van der Waals surface area contributed by atoms with Crippen LogP contribution in [0.15, 0.2) is 38.6 Å². The Hall–Kier alpha value is -2.61. The van der Waals surface area contributed by atoms with Gasteiger partial charge in [0.15, 0.2) is 5.76 Å². The number of aromatic nitrogens is 2. The number of carbonyl (C=O) groups excluding carboxylic acids is 1. The first-order valence-electron chi connectivity index (χ1n) is 4.99. The van der Waals surface area contributed by atoms with Gasteiger partial charge in [-0.1, -0.05) is 0 Å². The van der Waals surface area contributed by atoms with Crippen LogP contribution in [0.1, 0.15) is 16.1 Å². The lowest BCUT2D eigenvalue weighted by Gasteiger charge is -2.04. The van der Waals surface area contributed by atoms with Gasteiger partial charge in [0.1, 0.15) is 0 Å². The number of rotatable bonds is 3. The highest BCUT2D eigenvalue weighted by molar-refractivity contribution is 5.92. The standard InChI is InChI=1S/C10H10N4O4/c11-13-9(16)8-6(2-4-18-8)5-14-3-1-7(15)12-10(14)17/h1-4H,5,11H2,(H,13,16)(H,12,15,17). The van der Waals surface area contributed by atoms with E-state index in [0.717, 1.165) is 0 Å². The molecule has 8 nitrogen and oxygen atoms in total. The van der Waals surface area contributed by atoms with Gasteiger partial charge in [-0.05, 0) is 6.07 Å². The van der Waals surface area contributed by atoms with Gasteiger partial charge in [-0.25, -0.2) is 10.6 Å². The molecule has 0 aliphatic rings. The van der Waals surface area contributed by atoms with Crippen molar-refractivity contribution >= 4 is 5.91 Å². The van der Waals surface area contributed by atoms with Crippen LogP contribution in [0.3, 0.4) is 0 Å². The third kappa shape index (κ3) is 2.23. The van der Waals surface area contributed by atoms with Crippen molar-refractivity contribution in [2.75, 3.05) is 0 Å². The minimum Gasteiger partial charge on any atom is -0.459 e. The summed E-state index contributed by atoms with van der Waals surface area (Å²) in [6.07, 6.45) is 2.65. The molecule has 0 radical (unpaired) electrons. The summed E-state index contributed by atoms with van der Waals surface area (Å²) in [7, 11) is 0. The van der Waals surface area contributed by atoms with Gasteiger partial charge in [-0.3, -0.25) is 24.6 Å². The van der Waals surface area contributed by atoms with Gasteiger partial charge < -0.3 is 4.42 Å². The van der Waals surface area contributed by atoms with Crippen LogP contribution in [0.2, 0.25) is 0 Å². The molecule has 0 fully saturated rings. The van der Waals surface area contributed by atoms with E-state index in [1.54, 1.807) is 6.07 Å². The topological polar surface area (TPSA) is 123 Å². The Morgan fingerprint density at radius 3 is 2.89 bits per heavy atom. The van der Waals surface area contributed by atoms with Gasteiger partial charge in [0, 0.05) is 17.8 Å². The predicted molar refractivity (Wildman–Crippen MR) is 60.8 cm³/mol. The second-order valence-electron chi connectivity index (χ2n) is 3.49. The van der Waals surface area contributed by atoms with Gasteiger partial charge >= 0.3 is 11.6 Å². The number of aromatic amines is 1. The third-order valence-corrected chi connectivity index (χ3v) is 2.32. The number of nitrogens with one attached hydrogen (secondary N) is 2. The normalized spacial score (nSPS) is 10.3. The molecule has 94 valence electrons. The molecule has 0 aromatic carbocycles. The largest absolute Gasteiger partial charge is 0.459 e. The molecule has 0 bridgehead atoms. The minimum absolute atomic E-state index is 0.0237. The van der Waals surface area contributed by atoms with Crippen molar-refractivity contribution in [3.63, 3.8) is 0 Å². The van der Waals surface area contributed by atoms with Gasteiger partial charge in [-0.2, -0.15) is 0 Å². The lowest BCUT2D eigenvalue weighted by molar-refractivity contribution is 0.0924. The first-order valence-corrected chi connectivity index (χ1v) is 4.99. The van der Waals surface area contributed by atoms with Crippen LogP contribution in [0.25, 0.3) is 0 Å². The third-order valence-electron chi connectivity index (χ3n) is 2.32. The van der Waals surface area contributed by atoms with E-state index >= 15 is 0 Å². The number of hydrazine groups is 1. The molecular weight excluding hydrogens is 240 g/mol. The fraction of sp³-hybridized carbons (Fsp3) is 0.100. The molecule has 0 saturated heterocycles. The zero-order valence-electron chi connectivity index (χ0n) is 9.17. The Kier molecular flexibility index (Phi) is 3.11. The Balaban J connectivity index is 2.35. The SMILES string of the molecule is NNC(=O)c1occc1Cn1ccc(=O)[nH]c1=O. The van der Waals surface area contributed by atoms with E-state index in [9.17, 15) is 14.4 Å². The van der Waals surface area contributed by atoms with Crippen molar-refractivity contribution in [3.8, 4) is 0 Å². The van der Waals surface area contributed by atoms with Gasteiger partial charge in [-0.15, -0.1) is 0 Å². The smallest absolute Gasteiger partial charge is 0.328 e. The molecule has 0 atom stereocenters. The summed E-state index contributed by atoms with van der Waals surface area (Å²) in [5.74, 6) is 4.43. The maximum absolute atomic E-state index is 11.5. The molecular formula is C10H10N4O4. The second-order valence-corrected chi connectivity index (χ2v) is 3.49. The van der Waals surface area contributed by atoms with Crippen LogP contribution in [0.5, 0.6) is 0 Å². The average Bonchev–Trinajstić information content (AvgIpc) is 2.80. The molecule has 18 heavy (non-hydrogen) atoms. The fourth-order valence-corrected chi connectivity index (χ4v) is 1.48. The molecule has 2 heterocycles. The summed E-state index contributed by atoms with van der Waals surface area (Å²) in [5, 5.41) is 0. The molecule has 2 aromatic heterocycles. The Morgan fingerprint density at radius 2 is 2.22 bits per heavy atom. The van der Waals surface area contributed by atoms with Crippen LogP contribution in [-0.2, 0) is 6.54 Å². The summed E-state index contributed by atoms with van der Waals surface area (Å²) in [6, 6.07) is 2.76. The quantitative estimate of drug-likeness (QED) is 0.358. The van der Waals surface area contributed by atoms with E-state index in [-0.39, 0.29) is 12.3 Å². The maximum atomic E-state index is 11.5. The van der Waals surface area contributed by atoms with Crippen LogP contribution in [0.4, 0.5) is 0 Å². The highest BCUT2D eigenvalue weighted by Crippen LogP contribution is 2.10. The van der Waals surface area contributed by atoms with E-state index in [0.29, 0.717) is 5.56 Å². The molecule has 0 saturated carbocycles. The zero-order chi connectivity index (χ0) is 13.1. The minimum atomic E-state index is -0.590. The Bertz CT molecular complexity index is 681. The molecule has 1 amide bonds. The van der Waals surface area contributed by atoms with Crippen molar-refractivity contribution < 1.29 is 9.21 Å². The predicted octanol–water partition coefficient (Wildman–Crippen LogP) is -1.22. The summed E-state index contributed by atoms with van der Waals surface area (Å²) in [6.45, 7) is 0.0921. The van der Waals surface area contributed by atoms with Gasteiger partial charge in [0.05, 0.1) is 12.8 Å². The molecule has 8 heteroatoms. The van der Waals surface area contributed by atoms with Gasteiger partial charge in [0.25, 0.3) is 5.56 Å². The fourth-order valence-electron chi connectivity index (χ4n) is 1.48. The zero-order valence-corrected chi connectivity index (χ0v) is 9.17.